The molecule has 0 aliphatic carbocycles. The summed E-state index contributed by atoms with van der Waals surface area (Å²) in [5.41, 5.74) is 2.81. The second kappa shape index (κ2) is 8.25. The summed E-state index contributed by atoms with van der Waals surface area (Å²) >= 11 is 0. The van der Waals surface area contributed by atoms with Crippen LogP contribution in [0.1, 0.15) is 23.9 Å². The molecule has 0 aliphatic heterocycles. The van der Waals surface area contributed by atoms with E-state index in [0.717, 1.165) is 11.3 Å². The van der Waals surface area contributed by atoms with Crippen LogP contribution in [0.4, 0.5) is 0 Å². The summed E-state index contributed by atoms with van der Waals surface area (Å²) in [5.74, 6) is 0.956. The van der Waals surface area contributed by atoms with Gasteiger partial charge in [0.15, 0.2) is 11.5 Å². The molecule has 5 nitrogen and oxygen atoms in total. The molecule has 0 saturated heterocycles. The molecule has 1 aromatic heterocycles. The molecule has 0 fully saturated rings. The first-order valence-electron chi connectivity index (χ1n) is 9.81. The van der Waals surface area contributed by atoms with Crippen molar-refractivity contribution in [2.24, 2.45) is 0 Å². The zero-order valence-electron chi connectivity index (χ0n) is 16.9. The first-order chi connectivity index (χ1) is 14.6. The number of hydrogen-bond acceptors (Lipinski definition) is 4. The van der Waals surface area contributed by atoms with Gasteiger partial charge < -0.3 is 9.84 Å². The van der Waals surface area contributed by atoms with E-state index in [1.54, 1.807) is 34.9 Å². The summed E-state index contributed by atoms with van der Waals surface area (Å²) in [4.78, 5) is 18.1. The van der Waals surface area contributed by atoms with Crippen molar-refractivity contribution in [1.29, 1.82) is 0 Å². The number of ether oxygens (including phenoxy) is 1. The van der Waals surface area contributed by atoms with Gasteiger partial charge in [-0.1, -0.05) is 42.5 Å². The van der Waals surface area contributed by atoms with Crippen LogP contribution in [0.3, 0.4) is 0 Å². The number of aromatic nitrogens is 2. The predicted octanol–water partition coefficient (Wildman–Crippen LogP) is 4.97. The fraction of sp³-hybridized carbons (Fsp3) is 0.120. The maximum Gasteiger partial charge on any atom is 0.266 e. The summed E-state index contributed by atoms with van der Waals surface area (Å²) in [6.45, 7) is 4.28. The Kier molecular flexibility index (Phi) is 5.35. The SMILES string of the molecule is CCOc1cccc(/C=C/c2nc3ccccc3c(=O)n2-c2ccccc2C)c1O. The van der Waals surface area contributed by atoms with Crippen molar-refractivity contribution in [3.8, 4) is 17.2 Å². The lowest BCUT2D eigenvalue weighted by atomic mass is 10.1. The number of fused-ring (bicyclic) bond motifs is 1. The number of rotatable bonds is 5. The third-order valence-corrected chi connectivity index (χ3v) is 4.90. The zero-order valence-corrected chi connectivity index (χ0v) is 16.9. The Balaban J connectivity index is 1.92. The second-order valence-corrected chi connectivity index (χ2v) is 6.87. The van der Waals surface area contributed by atoms with E-state index in [4.69, 9.17) is 9.72 Å². The Morgan fingerprint density at radius 3 is 2.57 bits per heavy atom. The van der Waals surface area contributed by atoms with Crippen LogP contribution in [-0.4, -0.2) is 21.3 Å². The van der Waals surface area contributed by atoms with Gasteiger partial charge in [-0.2, -0.15) is 0 Å². The highest BCUT2D eigenvalue weighted by Crippen LogP contribution is 2.31. The van der Waals surface area contributed by atoms with Crippen LogP contribution in [0.25, 0.3) is 28.7 Å². The molecule has 1 heterocycles. The summed E-state index contributed by atoms with van der Waals surface area (Å²) < 4.78 is 7.07. The van der Waals surface area contributed by atoms with Gasteiger partial charge in [-0.25, -0.2) is 4.98 Å². The molecule has 0 aliphatic rings. The molecule has 0 unspecified atom stereocenters. The smallest absolute Gasteiger partial charge is 0.266 e. The van der Waals surface area contributed by atoms with E-state index >= 15 is 0 Å². The van der Waals surface area contributed by atoms with Gasteiger partial charge in [-0.15, -0.1) is 0 Å². The van der Waals surface area contributed by atoms with Gasteiger partial charge in [0, 0.05) is 5.56 Å². The molecule has 4 rings (SSSR count). The quantitative estimate of drug-likeness (QED) is 0.516. The van der Waals surface area contributed by atoms with Gasteiger partial charge >= 0.3 is 0 Å². The first-order valence-corrected chi connectivity index (χ1v) is 9.81. The van der Waals surface area contributed by atoms with Gasteiger partial charge in [0.05, 0.1) is 23.2 Å². The second-order valence-electron chi connectivity index (χ2n) is 6.87. The molecule has 30 heavy (non-hydrogen) atoms. The lowest BCUT2D eigenvalue weighted by molar-refractivity contribution is 0.318. The number of aromatic hydroxyl groups is 1. The Hall–Kier alpha value is -3.86. The molecule has 0 atom stereocenters. The van der Waals surface area contributed by atoms with E-state index in [-0.39, 0.29) is 11.3 Å². The molecule has 3 aromatic carbocycles. The molecule has 0 spiro atoms. The highest BCUT2D eigenvalue weighted by atomic mass is 16.5. The van der Waals surface area contributed by atoms with Crippen LogP contribution in [0.15, 0.2) is 71.5 Å². The van der Waals surface area contributed by atoms with Crippen molar-refractivity contribution in [2.75, 3.05) is 6.61 Å². The largest absolute Gasteiger partial charge is 0.504 e. The predicted molar refractivity (Wildman–Crippen MR) is 120 cm³/mol. The standard InChI is InChI=1S/C25H22N2O3/c1-3-30-22-14-8-10-18(24(22)28)15-16-23-26-20-12-6-5-11-19(20)25(29)27(23)21-13-7-4-9-17(21)2/h4-16,28H,3H2,1-2H3/b16-15+. The monoisotopic (exact) mass is 398 g/mol. The number of hydrogen-bond donors (Lipinski definition) is 1. The van der Waals surface area contributed by atoms with Crippen molar-refractivity contribution in [1.82, 2.24) is 9.55 Å². The minimum Gasteiger partial charge on any atom is -0.504 e. The van der Waals surface area contributed by atoms with Gasteiger partial charge in [-0.3, -0.25) is 9.36 Å². The van der Waals surface area contributed by atoms with E-state index in [1.807, 2.05) is 62.4 Å². The molecule has 0 bridgehead atoms. The van der Waals surface area contributed by atoms with Crippen molar-refractivity contribution in [3.63, 3.8) is 0 Å². The third-order valence-electron chi connectivity index (χ3n) is 4.90. The van der Waals surface area contributed by atoms with E-state index in [0.29, 0.717) is 34.6 Å². The van der Waals surface area contributed by atoms with Crippen LogP contribution in [0.5, 0.6) is 11.5 Å². The van der Waals surface area contributed by atoms with E-state index in [1.165, 1.54) is 0 Å². The summed E-state index contributed by atoms with van der Waals surface area (Å²) in [7, 11) is 0. The molecular weight excluding hydrogens is 376 g/mol. The maximum absolute atomic E-state index is 13.3. The maximum atomic E-state index is 13.3. The number of phenols is 1. The van der Waals surface area contributed by atoms with Crippen molar-refractivity contribution in [2.45, 2.75) is 13.8 Å². The third kappa shape index (κ3) is 3.57. The summed E-state index contributed by atoms with van der Waals surface area (Å²) in [5, 5.41) is 11.0. The van der Waals surface area contributed by atoms with Gasteiger partial charge in [0.1, 0.15) is 5.82 Å². The van der Waals surface area contributed by atoms with Crippen LogP contribution in [0, 0.1) is 6.92 Å². The summed E-state index contributed by atoms with van der Waals surface area (Å²) in [6.07, 6.45) is 3.48. The van der Waals surface area contributed by atoms with E-state index in [9.17, 15) is 9.90 Å². The number of nitrogens with zero attached hydrogens (tertiary/aromatic N) is 2. The molecular formula is C25H22N2O3. The van der Waals surface area contributed by atoms with Gasteiger partial charge in [0.2, 0.25) is 0 Å². The molecule has 0 radical (unpaired) electrons. The van der Waals surface area contributed by atoms with Crippen LogP contribution in [0.2, 0.25) is 0 Å². The Morgan fingerprint density at radius 2 is 1.77 bits per heavy atom. The molecule has 4 aromatic rings. The molecule has 0 amide bonds. The summed E-state index contributed by atoms with van der Waals surface area (Å²) in [6, 6.07) is 20.3. The molecule has 1 N–H and O–H groups in total. The number of phenolic OH excluding ortho intramolecular Hbond substituents is 1. The van der Waals surface area contributed by atoms with Crippen molar-refractivity contribution in [3.05, 3.63) is 94.0 Å². The fourth-order valence-corrected chi connectivity index (χ4v) is 3.42. The van der Waals surface area contributed by atoms with Crippen LogP contribution >= 0.6 is 0 Å². The topological polar surface area (TPSA) is 64.3 Å². The van der Waals surface area contributed by atoms with E-state index < -0.39 is 0 Å². The molecule has 150 valence electrons. The number of benzene rings is 3. The Bertz CT molecular complexity index is 1310. The number of para-hydroxylation sites is 3. The lowest BCUT2D eigenvalue weighted by Gasteiger charge is -2.13. The molecule has 0 saturated carbocycles. The lowest BCUT2D eigenvalue weighted by Crippen LogP contribution is -2.23. The highest BCUT2D eigenvalue weighted by molar-refractivity contribution is 5.80. The normalized spacial score (nSPS) is 11.3. The average Bonchev–Trinajstić information content (AvgIpc) is 2.75. The fourth-order valence-electron chi connectivity index (χ4n) is 3.42. The Labute approximate surface area is 174 Å². The van der Waals surface area contributed by atoms with Crippen LogP contribution in [-0.2, 0) is 0 Å². The van der Waals surface area contributed by atoms with E-state index in [2.05, 4.69) is 0 Å². The Morgan fingerprint density at radius 1 is 1.00 bits per heavy atom. The first kappa shape index (κ1) is 19.5. The average molecular weight is 398 g/mol. The van der Waals surface area contributed by atoms with Gasteiger partial charge in [-0.05, 0) is 55.8 Å². The minimum atomic E-state index is -0.137. The van der Waals surface area contributed by atoms with Gasteiger partial charge in [0.25, 0.3) is 5.56 Å². The van der Waals surface area contributed by atoms with Crippen molar-refractivity contribution < 1.29 is 9.84 Å². The van der Waals surface area contributed by atoms with Crippen molar-refractivity contribution >= 4 is 23.1 Å². The minimum absolute atomic E-state index is 0.0566. The highest BCUT2D eigenvalue weighted by Gasteiger charge is 2.13. The van der Waals surface area contributed by atoms with Crippen LogP contribution < -0.4 is 10.3 Å². The number of aryl methyl sites for hydroxylation is 1. The molecule has 5 heteroatoms. The zero-order chi connectivity index (χ0) is 21.1.